The minimum Gasteiger partial charge on any atom is -0.496 e. The number of rotatable bonds is 3. The third kappa shape index (κ3) is 2.86. The molecule has 1 aromatic carbocycles. The summed E-state index contributed by atoms with van der Waals surface area (Å²) in [5, 5.41) is 10.5. The standard InChI is InChI=1S/C16H24O2/c1-11-4-7-13(8-5-11)16(17)14-9-6-12(2)15(10-14)18-3/h6,9-11,13,16-17H,4-5,7-8H2,1-3H3. The fraction of sp³-hybridized carbons (Fsp3) is 0.625. The Bertz CT molecular complexity index is 392. The Morgan fingerprint density at radius 1 is 1.22 bits per heavy atom. The van der Waals surface area contributed by atoms with Crippen LogP contribution in [0.15, 0.2) is 18.2 Å². The van der Waals surface area contributed by atoms with E-state index in [0.29, 0.717) is 5.92 Å². The highest BCUT2D eigenvalue weighted by Gasteiger charge is 2.26. The second kappa shape index (κ2) is 5.75. The van der Waals surface area contributed by atoms with Gasteiger partial charge in [-0.1, -0.05) is 31.9 Å². The van der Waals surface area contributed by atoms with Crippen molar-refractivity contribution in [3.8, 4) is 5.75 Å². The van der Waals surface area contributed by atoms with Crippen LogP contribution in [0.1, 0.15) is 49.8 Å². The van der Waals surface area contributed by atoms with Gasteiger partial charge in [0.1, 0.15) is 5.75 Å². The number of aliphatic hydroxyl groups excluding tert-OH is 1. The highest BCUT2D eigenvalue weighted by molar-refractivity contribution is 5.37. The van der Waals surface area contributed by atoms with E-state index in [9.17, 15) is 5.11 Å². The molecule has 0 amide bonds. The number of aliphatic hydroxyl groups is 1. The van der Waals surface area contributed by atoms with Crippen LogP contribution in [0.25, 0.3) is 0 Å². The molecule has 1 N–H and O–H groups in total. The third-order valence-electron chi connectivity index (χ3n) is 4.28. The Morgan fingerprint density at radius 2 is 1.89 bits per heavy atom. The number of aryl methyl sites for hydroxylation is 1. The Hall–Kier alpha value is -1.02. The molecule has 1 aliphatic carbocycles. The van der Waals surface area contributed by atoms with E-state index >= 15 is 0 Å². The van der Waals surface area contributed by atoms with Crippen molar-refractivity contribution in [3.05, 3.63) is 29.3 Å². The van der Waals surface area contributed by atoms with Crippen LogP contribution in [-0.4, -0.2) is 12.2 Å². The SMILES string of the molecule is COc1cc(C(O)C2CCC(C)CC2)ccc1C. The maximum absolute atomic E-state index is 10.5. The van der Waals surface area contributed by atoms with Gasteiger partial charge >= 0.3 is 0 Å². The van der Waals surface area contributed by atoms with Gasteiger partial charge in [0.2, 0.25) is 0 Å². The van der Waals surface area contributed by atoms with E-state index in [2.05, 4.69) is 6.92 Å². The van der Waals surface area contributed by atoms with Crippen molar-refractivity contribution in [2.24, 2.45) is 11.8 Å². The second-order valence-corrected chi connectivity index (χ2v) is 5.69. The first-order valence-corrected chi connectivity index (χ1v) is 6.94. The maximum atomic E-state index is 10.5. The van der Waals surface area contributed by atoms with E-state index in [1.54, 1.807) is 7.11 Å². The average molecular weight is 248 g/mol. The Kier molecular flexibility index (Phi) is 4.28. The zero-order chi connectivity index (χ0) is 13.1. The normalized spacial score (nSPS) is 25.8. The lowest BCUT2D eigenvalue weighted by molar-refractivity contribution is 0.0754. The molecule has 0 aromatic heterocycles. The maximum Gasteiger partial charge on any atom is 0.122 e. The molecule has 1 fully saturated rings. The predicted octanol–water partition coefficient (Wildman–Crippen LogP) is 3.86. The minimum atomic E-state index is -0.341. The second-order valence-electron chi connectivity index (χ2n) is 5.69. The van der Waals surface area contributed by atoms with Gasteiger partial charge in [-0.25, -0.2) is 0 Å². The van der Waals surface area contributed by atoms with Crippen molar-refractivity contribution in [1.82, 2.24) is 0 Å². The summed E-state index contributed by atoms with van der Waals surface area (Å²) in [6, 6.07) is 6.04. The van der Waals surface area contributed by atoms with E-state index in [0.717, 1.165) is 35.6 Å². The largest absolute Gasteiger partial charge is 0.496 e. The third-order valence-corrected chi connectivity index (χ3v) is 4.28. The van der Waals surface area contributed by atoms with Gasteiger partial charge in [-0.3, -0.25) is 0 Å². The fourth-order valence-corrected chi connectivity index (χ4v) is 2.89. The first kappa shape index (κ1) is 13.4. The number of hydrogen-bond donors (Lipinski definition) is 1. The van der Waals surface area contributed by atoms with E-state index in [1.807, 2.05) is 25.1 Å². The molecule has 0 aliphatic heterocycles. The van der Waals surface area contributed by atoms with Gasteiger partial charge in [0.25, 0.3) is 0 Å². The zero-order valence-corrected chi connectivity index (χ0v) is 11.6. The number of hydrogen-bond acceptors (Lipinski definition) is 2. The van der Waals surface area contributed by atoms with Crippen molar-refractivity contribution in [2.75, 3.05) is 7.11 Å². The number of benzene rings is 1. The fourth-order valence-electron chi connectivity index (χ4n) is 2.89. The lowest BCUT2D eigenvalue weighted by atomic mass is 9.78. The number of methoxy groups -OCH3 is 1. The Morgan fingerprint density at radius 3 is 2.50 bits per heavy atom. The minimum absolute atomic E-state index is 0.341. The van der Waals surface area contributed by atoms with Crippen LogP contribution in [0.4, 0.5) is 0 Å². The summed E-state index contributed by atoms with van der Waals surface area (Å²) in [6.07, 6.45) is 4.42. The molecule has 2 rings (SSSR count). The molecule has 1 aromatic rings. The van der Waals surface area contributed by atoms with Crippen molar-refractivity contribution in [1.29, 1.82) is 0 Å². The molecule has 1 unspecified atom stereocenters. The molecule has 2 nitrogen and oxygen atoms in total. The lowest BCUT2D eigenvalue weighted by Crippen LogP contribution is -2.19. The molecule has 2 heteroatoms. The summed E-state index contributed by atoms with van der Waals surface area (Å²) in [7, 11) is 1.68. The molecule has 100 valence electrons. The van der Waals surface area contributed by atoms with Crippen LogP contribution in [0, 0.1) is 18.8 Å². The molecule has 1 saturated carbocycles. The quantitative estimate of drug-likeness (QED) is 0.880. The summed E-state index contributed by atoms with van der Waals surface area (Å²) in [6.45, 7) is 4.33. The van der Waals surface area contributed by atoms with Crippen LogP contribution in [0.5, 0.6) is 5.75 Å². The van der Waals surface area contributed by atoms with E-state index in [1.165, 1.54) is 12.8 Å². The van der Waals surface area contributed by atoms with Crippen LogP contribution < -0.4 is 4.74 Å². The van der Waals surface area contributed by atoms with Crippen molar-refractivity contribution < 1.29 is 9.84 Å². The molecular formula is C16H24O2. The first-order chi connectivity index (χ1) is 8.61. The highest BCUT2D eigenvalue weighted by atomic mass is 16.5. The van der Waals surface area contributed by atoms with Crippen LogP contribution in [0.2, 0.25) is 0 Å². The summed E-state index contributed by atoms with van der Waals surface area (Å²) in [4.78, 5) is 0. The summed E-state index contributed by atoms with van der Waals surface area (Å²) in [5.41, 5.74) is 2.11. The van der Waals surface area contributed by atoms with Crippen molar-refractivity contribution in [2.45, 2.75) is 45.6 Å². The van der Waals surface area contributed by atoms with Crippen LogP contribution in [-0.2, 0) is 0 Å². The van der Waals surface area contributed by atoms with Crippen molar-refractivity contribution in [3.63, 3.8) is 0 Å². The van der Waals surface area contributed by atoms with Gasteiger partial charge in [-0.15, -0.1) is 0 Å². The number of ether oxygens (including phenoxy) is 1. The van der Waals surface area contributed by atoms with Crippen LogP contribution in [0.3, 0.4) is 0 Å². The Labute approximate surface area is 110 Å². The summed E-state index contributed by atoms with van der Waals surface area (Å²) >= 11 is 0. The highest BCUT2D eigenvalue weighted by Crippen LogP contribution is 2.37. The first-order valence-electron chi connectivity index (χ1n) is 6.94. The van der Waals surface area contributed by atoms with E-state index in [4.69, 9.17) is 4.74 Å². The summed E-state index contributed by atoms with van der Waals surface area (Å²) in [5.74, 6) is 2.10. The lowest BCUT2D eigenvalue weighted by Gasteiger charge is -2.30. The molecule has 0 radical (unpaired) electrons. The topological polar surface area (TPSA) is 29.5 Å². The molecule has 18 heavy (non-hydrogen) atoms. The van der Waals surface area contributed by atoms with E-state index in [-0.39, 0.29) is 6.10 Å². The van der Waals surface area contributed by atoms with Crippen LogP contribution >= 0.6 is 0 Å². The molecule has 0 saturated heterocycles. The molecule has 1 atom stereocenters. The van der Waals surface area contributed by atoms with Gasteiger partial charge in [-0.05, 0) is 48.8 Å². The molecule has 0 spiro atoms. The predicted molar refractivity (Wildman–Crippen MR) is 73.8 cm³/mol. The van der Waals surface area contributed by atoms with Gasteiger partial charge in [0.05, 0.1) is 13.2 Å². The molecule has 0 heterocycles. The molecule has 1 aliphatic rings. The average Bonchev–Trinajstić information content (AvgIpc) is 2.39. The van der Waals surface area contributed by atoms with Gasteiger partial charge in [0, 0.05) is 0 Å². The van der Waals surface area contributed by atoms with Crippen molar-refractivity contribution >= 4 is 0 Å². The zero-order valence-electron chi connectivity index (χ0n) is 11.6. The molecular weight excluding hydrogens is 224 g/mol. The van der Waals surface area contributed by atoms with Gasteiger partial charge in [-0.2, -0.15) is 0 Å². The Balaban J connectivity index is 2.10. The van der Waals surface area contributed by atoms with Gasteiger partial charge in [0.15, 0.2) is 0 Å². The summed E-state index contributed by atoms with van der Waals surface area (Å²) < 4.78 is 5.33. The smallest absolute Gasteiger partial charge is 0.122 e. The van der Waals surface area contributed by atoms with E-state index < -0.39 is 0 Å². The monoisotopic (exact) mass is 248 g/mol. The van der Waals surface area contributed by atoms with Gasteiger partial charge < -0.3 is 9.84 Å². The molecule has 0 bridgehead atoms.